The average Bonchev–Trinajstić information content (AvgIpc) is 3.04. The van der Waals surface area contributed by atoms with Crippen molar-refractivity contribution in [2.75, 3.05) is 12.3 Å². The lowest BCUT2D eigenvalue weighted by atomic mass is 9.93. The Morgan fingerprint density at radius 3 is 2.22 bits per heavy atom. The molecule has 2 aliphatic carbocycles. The van der Waals surface area contributed by atoms with Gasteiger partial charge in [0.25, 0.3) is 0 Å². The number of benzene rings is 1. The highest BCUT2D eigenvalue weighted by Crippen LogP contribution is 2.48. The Labute approximate surface area is 110 Å². The number of nitrogens with two attached hydrogens (primary N) is 1. The van der Waals surface area contributed by atoms with Crippen LogP contribution >= 0.6 is 0 Å². The van der Waals surface area contributed by atoms with Crippen molar-refractivity contribution in [1.82, 2.24) is 5.32 Å². The molecule has 0 atom stereocenters. The van der Waals surface area contributed by atoms with E-state index in [1.165, 1.54) is 44.1 Å². The molecule has 2 fully saturated rings. The van der Waals surface area contributed by atoms with Gasteiger partial charge in [-0.3, -0.25) is 0 Å². The third kappa shape index (κ3) is 2.26. The zero-order chi connectivity index (χ0) is 12.6. The van der Waals surface area contributed by atoms with Gasteiger partial charge >= 0.3 is 0 Å². The third-order valence-corrected chi connectivity index (χ3v) is 4.94. The Kier molecular flexibility index (Phi) is 2.86. The number of anilines is 1. The molecule has 98 valence electrons. The molecule has 2 saturated carbocycles. The van der Waals surface area contributed by atoms with Crippen LogP contribution in [0.3, 0.4) is 0 Å². The molecule has 3 N–H and O–H groups in total. The Morgan fingerprint density at radius 1 is 1.06 bits per heavy atom. The molecule has 0 heterocycles. The molecular formula is C16H24N2. The van der Waals surface area contributed by atoms with Gasteiger partial charge in [0, 0.05) is 23.2 Å². The molecule has 0 radical (unpaired) electrons. The first kappa shape index (κ1) is 12.0. The van der Waals surface area contributed by atoms with E-state index in [9.17, 15) is 0 Å². The maximum Gasteiger partial charge on any atom is 0.0314 e. The third-order valence-electron chi connectivity index (χ3n) is 4.94. The van der Waals surface area contributed by atoms with E-state index in [0.29, 0.717) is 11.0 Å². The monoisotopic (exact) mass is 244 g/mol. The van der Waals surface area contributed by atoms with Crippen LogP contribution in [0.25, 0.3) is 0 Å². The Hall–Kier alpha value is -1.02. The summed E-state index contributed by atoms with van der Waals surface area (Å²) in [7, 11) is 0. The summed E-state index contributed by atoms with van der Waals surface area (Å²) < 4.78 is 0. The van der Waals surface area contributed by atoms with Gasteiger partial charge in [0.1, 0.15) is 0 Å². The van der Waals surface area contributed by atoms with Crippen molar-refractivity contribution in [3.05, 3.63) is 29.8 Å². The summed E-state index contributed by atoms with van der Waals surface area (Å²) in [6, 6.07) is 8.49. The molecule has 0 unspecified atom stereocenters. The summed E-state index contributed by atoms with van der Waals surface area (Å²) in [6.45, 7) is 3.52. The second-order valence-corrected chi connectivity index (χ2v) is 6.52. The zero-order valence-electron chi connectivity index (χ0n) is 11.3. The second-order valence-electron chi connectivity index (χ2n) is 6.52. The molecule has 2 heteroatoms. The van der Waals surface area contributed by atoms with Crippen molar-refractivity contribution in [3.63, 3.8) is 0 Å². The van der Waals surface area contributed by atoms with Gasteiger partial charge in [-0.2, -0.15) is 0 Å². The summed E-state index contributed by atoms with van der Waals surface area (Å²) in [5.41, 5.74) is 8.89. The number of rotatable bonds is 4. The van der Waals surface area contributed by atoms with Gasteiger partial charge in [-0.05, 0) is 50.3 Å². The highest BCUT2D eigenvalue weighted by Gasteiger charge is 2.45. The molecule has 2 aliphatic rings. The Balaban J connectivity index is 1.66. The van der Waals surface area contributed by atoms with Crippen LogP contribution in [0.4, 0.5) is 5.69 Å². The van der Waals surface area contributed by atoms with Crippen LogP contribution in [0.2, 0.25) is 0 Å². The van der Waals surface area contributed by atoms with Crippen LogP contribution in [0, 0.1) is 0 Å². The number of nitrogen functional groups attached to an aromatic ring is 1. The summed E-state index contributed by atoms with van der Waals surface area (Å²) in [5.74, 6) is 0. The molecule has 1 aromatic rings. The van der Waals surface area contributed by atoms with Crippen LogP contribution in [-0.2, 0) is 5.41 Å². The van der Waals surface area contributed by atoms with Crippen molar-refractivity contribution < 1.29 is 0 Å². The molecule has 1 aromatic carbocycles. The van der Waals surface area contributed by atoms with E-state index in [4.69, 9.17) is 5.73 Å². The van der Waals surface area contributed by atoms with E-state index < -0.39 is 0 Å². The van der Waals surface area contributed by atoms with Crippen LogP contribution in [0.1, 0.15) is 51.0 Å². The van der Waals surface area contributed by atoms with E-state index in [1.54, 1.807) is 0 Å². The Morgan fingerprint density at radius 2 is 1.67 bits per heavy atom. The van der Waals surface area contributed by atoms with Gasteiger partial charge < -0.3 is 11.1 Å². The minimum atomic E-state index is 0.392. The molecule has 18 heavy (non-hydrogen) atoms. The van der Waals surface area contributed by atoms with Crippen LogP contribution in [0.15, 0.2) is 24.3 Å². The number of hydrogen-bond donors (Lipinski definition) is 2. The van der Waals surface area contributed by atoms with E-state index in [1.807, 2.05) is 12.1 Å². The van der Waals surface area contributed by atoms with Gasteiger partial charge in [0.05, 0.1) is 0 Å². The number of nitrogens with one attached hydrogen (secondary N) is 1. The predicted molar refractivity (Wildman–Crippen MR) is 76.6 cm³/mol. The molecule has 0 aromatic heterocycles. The topological polar surface area (TPSA) is 38.0 Å². The lowest BCUT2D eigenvalue weighted by molar-refractivity contribution is 0.347. The minimum Gasteiger partial charge on any atom is -0.399 e. The van der Waals surface area contributed by atoms with E-state index in [-0.39, 0.29) is 0 Å². The number of hydrogen-bond acceptors (Lipinski definition) is 2. The maximum atomic E-state index is 5.77. The van der Waals surface area contributed by atoms with Crippen molar-refractivity contribution in [2.24, 2.45) is 0 Å². The second kappa shape index (κ2) is 4.27. The summed E-state index contributed by atoms with van der Waals surface area (Å²) in [6.07, 6.45) is 8.09. The van der Waals surface area contributed by atoms with Crippen LogP contribution in [-0.4, -0.2) is 12.1 Å². The first-order valence-corrected chi connectivity index (χ1v) is 7.23. The molecular weight excluding hydrogens is 220 g/mol. The van der Waals surface area contributed by atoms with E-state index in [2.05, 4.69) is 24.4 Å². The predicted octanol–water partition coefficient (Wildman–Crippen LogP) is 3.22. The van der Waals surface area contributed by atoms with Crippen molar-refractivity contribution >= 4 is 5.69 Å². The fourth-order valence-corrected chi connectivity index (χ4v) is 3.27. The fraction of sp³-hybridized carbons (Fsp3) is 0.625. The molecule has 0 saturated heterocycles. The molecule has 3 rings (SSSR count). The quantitative estimate of drug-likeness (QED) is 0.798. The molecule has 0 spiro atoms. The SMILES string of the molecule is CC1(NCC2(c3ccc(N)cc3)CC2)CCCC1. The molecule has 0 aliphatic heterocycles. The standard InChI is InChI=1S/C16H24N2/c1-15(8-2-3-9-15)18-12-16(10-11-16)13-4-6-14(17)7-5-13/h4-7,18H,2-3,8-12,17H2,1H3. The van der Waals surface area contributed by atoms with Crippen molar-refractivity contribution in [1.29, 1.82) is 0 Å². The minimum absolute atomic E-state index is 0.392. The first-order valence-electron chi connectivity index (χ1n) is 7.23. The zero-order valence-corrected chi connectivity index (χ0v) is 11.3. The summed E-state index contributed by atoms with van der Waals surface area (Å²) in [5, 5.41) is 3.84. The maximum absolute atomic E-state index is 5.77. The summed E-state index contributed by atoms with van der Waals surface area (Å²) >= 11 is 0. The van der Waals surface area contributed by atoms with Gasteiger partial charge in [0.2, 0.25) is 0 Å². The van der Waals surface area contributed by atoms with Crippen LogP contribution < -0.4 is 11.1 Å². The van der Waals surface area contributed by atoms with E-state index >= 15 is 0 Å². The fourth-order valence-electron chi connectivity index (χ4n) is 3.27. The highest BCUT2D eigenvalue weighted by molar-refractivity contribution is 5.43. The summed E-state index contributed by atoms with van der Waals surface area (Å²) in [4.78, 5) is 0. The lowest BCUT2D eigenvalue weighted by Gasteiger charge is -2.29. The first-order chi connectivity index (χ1) is 8.62. The average molecular weight is 244 g/mol. The van der Waals surface area contributed by atoms with Gasteiger partial charge in [-0.1, -0.05) is 25.0 Å². The largest absolute Gasteiger partial charge is 0.399 e. The molecule has 0 bridgehead atoms. The van der Waals surface area contributed by atoms with Crippen molar-refractivity contribution in [2.45, 2.75) is 56.4 Å². The van der Waals surface area contributed by atoms with Gasteiger partial charge in [-0.25, -0.2) is 0 Å². The smallest absolute Gasteiger partial charge is 0.0314 e. The normalized spacial score (nSPS) is 24.1. The van der Waals surface area contributed by atoms with Gasteiger partial charge in [-0.15, -0.1) is 0 Å². The van der Waals surface area contributed by atoms with E-state index in [0.717, 1.165) is 12.2 Å². The van der Waals surface area contributed by atoms with Gasteiger partial charge in [0.15, 0.2) is 0 Å². The molecule has 0 amide bonds. The Bertz CT molecular complexity index is 411. The van der Waals surface area contributed by atoms with Crippen LogP contribution in [0.5, 0.6) is 0 Å². The lowest BCUT2D eigenvalue weighted by Crippen LogP contribution is -2.43. The molecule has 2 nitrogen and oxygen atoms in total. The highest BCUT2D eigenvalue weighted by atomic mass is 15.0. The van der Waals surface area contributed by atoms with Crippen molar-refractivity contribution in [3.8, 4) is 0 Å².